The highest BCUT2D eigenvalue weighted by Gasteiger charge is 2.25. The molecule has 1 aromatic rings. The van der Waals surface area contributed by atoms with Gasteiger partial charge >= 0.3 is 0 Å². The molecule has 0 saturated carbocycles. The standard InChI is InChI=1S/C18H32N4S.HI/c1-15(2)14-22-10-5-7-16(22)13-20-18(19-3)21(4)11-9-17-8-6-12-23-17;/h6,8,12,15-16H,5,7,9-11,13-14H2,1-4H3,(H,19,20);1H/t16-;/m1./s1. The van der Waals surface area contributed by atoms with E-state index in [-0.39, 0.29) is 24.0 Å². The Labute approximate surface area is 168 Å². The first-order valence-corrected chi connectivity index (χ1v) is 9.66. The maximum atomic E-state index is 4.45. The van der Waals surface area contributed by atoms with Gasteiger partial charge in [-0.1, -0.05) is 19.9 Å². The fourth-order valence-corrected chi connectivity index (χ4v) is 3.97. The summed E-state index contributed by atoms with van der Waals surface area (Å²) in [5, 5.41) is 5.73. The van der Waals surface area contributed by atoms with Crippen LogP contribution in [0.3, 0.4) is 0 Å². The van der Waals surface area contributed by atoms with Gasteiger partial charge in [-0.05, 0) is 43.2 Å². The van der Waals surface area contributed by atoms with Crippen molar-refractivity contribution in [2.75, 3.05) is 40.3 Å². The minimum Gasteiger partial charge on any atom is -0.355 e. The molecular weight excluding hydrogens is 431 g/mol. The number of thiophene rings is 1. The summed E-state index contributed by atoms with van der Waals surface area (Å²) in [6.07, 6.45) is 3.71. The molecule has 24 heavy (non-hydrogen) atoms. The van der Waals surface area contributed by atoms with E-state index in [2.05, 4.69) is 58.5 Å². The molecule has 2 heterocycles. The van der Waals surface area contributed by atoms with E-state index in [1.54, 1.807) is 0 Å². The number of nitrogens with one attached hydrogen (secondary N) is 1. The van der Waals surface area contributed by atoms with Gasteiger partial charge in [-0.15, -0.1) is 35.3 Å². The second kappa shape index (κ2) is 11.3. The van der Waals surface area contributed by atoms with Crippen LogP contribution >= 0.6 is 35.3 Å². The summed E-state index contributed by atoms with van der Waals surface area (Å²) in [6, 6.07) is 4.98. The molecule has 1 aliphatic heterocycles. The highest BCUT2D eigenvalue weighted by Crippen LogP contribution is 2.18. The third kappa shape index (κ3) is 6.88. The topological polar surface area (TPSA) is 30.9 Å². The summed E-state index contributed by atoms with van der Waals surface area (Å²) in [7, 11) is 4.01. The largest absolute Gasteiger partial charge is 0.355 e. The minimum absolute atomic E-state index is 0. The predicted molar refractivity (Wildman–Crippen MR) is 117 cm³/mol. The van der Waals surface area contributed by atoms with Crippen molar-refractivity contribution < 1.29 is 0 Å². The van der Waals surface area contributed by atoms with E-state index in [9.17, 15) is 0 Å². The number of rotatable bonds is 7. The van der Waals surface area contributed by atoms with Crippen molar-refractivity contribution in [2.24, 2.45) is 10.9 Å². The summed E-state index contributed by atoms with van der Waals surface area (Å²) in [5.41, 5.74) is 0. The molecule has 6 heteroatoms. The summed E-state index contributed by atoms with van der Waals surface area (Å²) >= 11 is 1.83. The number of halogens is 1. The first-order chi connectivity index (χ1) is 11.1. The van der Waals surface area contributed by atoms with Crippen molar-refractivity contribution >= 4 is 41.3 Å². The van der Waals surface area contributed by atoms with Crippen molar-refractivity contribution in [3.63, 3.8) is 0 Å². The number of likely N-dealkylation sites (N-methyl/N-ethyl adjacent to an activating group) is 1. The SMILES string of the molecule is CN=C(NC[C@H]1CCCN1CC(C)C)N(C)CCc1cccs1.I. The molecule has 0 bridgehead atoms. The zero-order valence-corrected chi connectivity index (χ0v) is 18.6. The van der Waals surface area contributed by atoms with E-state index < -0.39 is 0 Å². The summed E-state index contributed by atoms with van der Waals surface area (Å²) in [6.45, 7) is 9.07. The number of likely N-dealkylation sites (tertiary alicyclic amines) is 1. The summed E-state index contributed by atoms with van der Waals surface area (Å²) < 4.78 is 0. The third-order valence-corrected chi connectivity index (χ3v) is 5.38. The summed E-state index contributed by atoms with van der Waals surface area (Å²) in [5.74, 6) is 1.75. The molecule has 1 N–H and O–H groups in total. The normalized spacial score (nSPS) is 18.7. The van der Waals surface area contributed by atoms with Crippen LogP contribution in [0.4, 0.5) is 0 Å². The van der Waals surface area contributed by atoms with Crippen molar-refractivity contribution in [1.82, 2.24) is 15.1 Å². The van der Waals surface area contributed by atoms with Crippen molar-refractivity contribution in [3.8, 4) is 0 Å². The maximum absolute atomic E-state index is 4.45. The lowest BCUT2D eigenvalue weighted by Crippen LogP contribution is -2.46. The van der Waals surface area contributed by atoms with Gasteiger partial charge in [0.05, 0.1) is 0 Å². The summed E-state index contributed by atoms with van der Waals surface area (Å²) in [4.78, 5) is 10.8. The van der Waals surface area contributed by atoms with Gasteiger partial charge in [-0.2, -0.15) is 0 Å². The molecule has 4 nitrogen and oxygen atoms in total. The van der Waals surface area contributed by atoms with Crippen molar-refractivity contribution in [3.05, 3.63) is 22.4 Å². The Hall–Kier alpha value is -0.340. The highest BCUT2D eigenvalue weighted by atomic mass is 127. The lowest BCUT2D eigenvalue weighted by molar-refractivity contribution is 0.225. The monoisotopic (exact) mass is 464 g/mol. The quantitative estimate of drug-likeness (QED) is 0.381. The first-order valence-electron chi connectivity index (χ1n) is 8.78. The third-order valence-electron chi connectivity index (χ3n) is 4.44. The Kier molecular flexibility index (Phi) is 10.2. The van der Waals surface area contributed by atoms with Crippen LogP contribution < -0.4 is 5.32 Å². The molecule has 1 aromatic heterocycles. The fourth-order valence-electron chi connectivity index (χ4n) is 3.27. The molecule has 2 rings (SSSR count). The lowest BCUT2D eigenvalue weighted by atomic mass is 10.1. The van der Waals surface area contributed by atoms with Crippen molar-refractivity contribution in [1.29, 1.82) is 0 Å². The zero-order chi connectivity index (χ0) is 16.7. The van der Waals surface area contributed by atoms with E-state index >= 15 is 0 Å². The Morgan fingerprint density at radius 3 is 2.92 bits per heavy atom. The van der Waals surface area contributed by atoms with Crippen LogP contribution in [0.15, 0.2) is 22.5 Å². The van der Waals surface area contributed by atoms with Gasteiger partial charge in [0.15, 0.2) is 5.96 Å². The van der Waals surface area contributed by atoms with Gasteiger partial charge in [0, 0.05) is 44.6 Å². The smallest absolute Gasteiger partial charge is 0.193 e. The fraction of sp³-hybridized carbons (Fsp3) is 0.722. The number of hydrogen-bond acceptors (Lipinski definition) is 3. The predicted octanol–water partition coefficient (Wildman–Crippen LogP) is 3.54. The molecule has 1 aliphatic rings. The number of hydrogen-bond donors (Lipinski definition) is 1. The maximum Gasteiger partial charge on any atom is 0.193 e. The van der Waals surface area contributed by atoms with Gasteiger partial charge in [-0.25, -0.2) is 0 Å². The molecule has 0 spiro atoms. The highest BCUT2D eigenvalue weighted by molar-refractivity contribution is 14.0. The average Bonchev–Trinajstić information content (AvgIpc) is 3.17. The lowest BCUT2D eigenvalue weighted by Gasteiger charge is -2.28. The van der Waals surface area contributed by atoms with Gasteiger partial charge in [-0.3, -0.25) is 9.89 Å². The Morgan fingerprint density at radius 1 is 1.50 bits per heavy atom. The zero-order valence-electron chi connectivity index (χ0n) is 15.5. The van der Waals surface area contributed by atoms with E-state index in [0.29, 0.717) is 6.04 Å². The van der Waals surface area contributed by atoms with Gasteiger partial charge in [0.2, 0.25) is 0 Å². The second-order valence-electron chi connectivity index (χ2n) is 6.86. The number of guanidine groups is 1. The molecule has 0 amide bonds. The van der Waals surface area contributed by atoms with Gasteiger partial charge in [0.25, 0.3) is 0 Å². The van der Waals surface area contributed by atoms with Crippen molar-refractivity contribution in [2.45, 2.75) is 39.2 Å². The Balaban J connectivity index is 0.00000288. The Morgan fingerprint density at radius 2 is 2.29 bits per heavy atom. The van der Waals surface area contributed by atoms with Crippen LogP contribution in [-0.2, 0) is 6.42 Å². The Bertz CT molecular complexity index is 475. The molecule has 0 aliphatic carbocycles. The molecule has 0 unspecified atom stereocenters. The van der Waals surface area contributed by atoms with E-state index in [0.717, 1.165) is 31.4 Å². The second-order valence-corrected chi connectivity index (χ2v) is 7.90. The van der Waals surface area contributed by atoms with Crippen LogP contribution in [0.5, 0.6) is 0 Å². The number of nitrogens with zero attached hydrogens (tertiary/aromatic N) is 3. The molecule has 1 saturated heterocycles. The number of aliphatic imine (C=N–C) groups is 1. The van der Waals surface area contributed by atoms with Gasteiger partial charge in [0.1, 0.15) is 0 Å². The van der Waals surface area contributed by atoms with E-state index in [1.807, 2.05) is 18.4 Å². The average molecular weight is 464 g/mol. The molecule has 1 fully saturated rings. The van der Waals surface area contributed by atoms with Crippen LogP contribution in [0, 0.1) is 5.92 Å². The van der Waals surface area contributed by atoms with E-state index in [1.165, 1.54) is 30.8 Å². The van der Waals surface area contributed by atoms with Crippen LogP contribution in [-0.4, -0.2) is 62.1 Å². The van der Waals surface area contributed by atoms with Crippen LogP contribution in [0.1, 0.15) is 31.6 Å². The minimum atomic E-state index is 0. The molecular formula is C18H33IN4S. The van der Waals surface area contributed by atoms with Gasteiger partial charge < -0.3 is 10.2 Å². The molecule has 0 radical (unpaired) electrons. The van der Waals surface area contributed by atoms with E-state index in [4.69, 9.17) is 0 Å². The first kappa shape index (κ1) is 21.7. The van der Waals surface area contributed by atoms with Crippen LogP contribution in [0.2, 0.25) is 0 Å². The molecule has 138 valence electrons. The molecule has 0 aromatic carbocycles. The van der Waals surface area contributed by atoms with Crippen LogP contribution in [0.25, 0.3) is 0 Å². The molecule has 1 atom stereocenters.